The molecule has 0 fully saturated rings. The van der Waals surface area contributed by atoms with Gasteiger partial charge in [-0.15, -0.1) is 0 Å². The number of nitrogens with zero attached hydrogens (tertiary/aromatic N) is 2. The lowest BCUT2D eigenvalue weighted by atomic mass is 10.2. The van der Waals surface area contributed by atoms with E-state index in [9.17, 15) is 4.79 Å². The Bertz CT molecular complexity index is 765. The maximum absolute atomic E-state index is 11.1. The van der Waals surface area contributed by atoms with E-state index in [2.05, 4.69) is 30.9 Å². The Balaban J connectivity index is 2.19. The number of hydrogen-bond donors (Lipinski definition) is 2. The van der Waals surface area contributed by atoms with Crippen molar-refractivity contribution in [1.82, 2.24) is 15.0 Å². The van der Waals surface area contributed by atoms with Crippen LogP contribution < -0.4 is 0 Å². The molecule has 0 aliphatic rings. The molecule has 2 heterocycles. The first-order valence-electron chi connectivity index (χ1n) is 5.49. The van der Waals surface area contributed by atoms with Crippen LogP contribution in [-0.4, -0.2) is 26.0 Å². The van der Waals surface area contributed by atoms with Gasteiger partial charge in [-0.25, -0.2) is 14.8 Å². The van der Waals surface area contributed by atoms with Crippen molar-refractivity contribution in [1.29, 1.82) is 0 Å². The molecule has 0 saturated heterocycles. The molecule has 2 aromatic heterocycles. The van der Waals surface area contributed by atoms with Gasteiger partial charge in [-0.2, -0.15) is 0 Å². The van der Waals surface area contributed by atoms with Crippen LogP contribution in [0.5, 0.6) is 0 Å². The Morgan fingerprint density at radius 2 is 1.95 bits per heavy atom. The normalized spacial score (nSPS) is 10.8. The van der Waals surface area contributed by atoms with Crippen molar-refractivity contribution in [3.8, 4) is 11.4 Å². The number of aromatic nitrogens is 3. The molecule has 19 heavy (non-hydrogen) atoms. The van der Waals surface area contributed by atoms with Gasteiger partial charge in [-0.05, 0) is 18.2 Å². The lowest BCUT2D eigenvalue weighted by Crippen LogP contribution is -1.97. The van der Waals surface area contributed by atoms with Crippen molar-refractivity contribution >= 4 is 33.1 Å². The van der Waals surface area contributed by atoms with Crippen molar-refractivity contribution in [2.75, 3.05) is 0 Å². The number of fused-ring (bicyclic) bond motifs is 1. The number of carbonyl (C=O) groups is 1. The smallest absolute Gasteiger partial charge is 0.338 e. The van der Waals surface area contributed by atoms with Crippen LogP contribution in [-0.2, 0) is 0 Å². The highest BCUT2D eigenvalue weighted by molar-refractivity contribution is 9.10. The number of carboxylic acid groups (broad SMARTS) is 1. The number of rotatable bonds is 2. The first kappa shape index (κ1) is 11.9. The molecule has 0 radical (unpaired) electrons. The predicted molar refractivity (Wildman–Crippen MR) is 74.0 cm³/mol. The van der Waals surface area contributed by atoms with Crippen molar-refractivity contribution in [3.05, 3.63) is 46.6 Å². The van der Waals surface area contributed by atoms with Gasteiger partial charge in [0.15, 0.2) is 5.65 Å². The van der Waals surface area contributed by atoms with Crippen molar-refractivity contribution in [3.63, 3.8) is 0 Å². The van der Waals surface area contributed by atoms with Crippen molar-refractivity contribution < 1.29 is 9.90 Å². The quantitative estimate of drug-likeness (QED) is 0.761. The first-order valence-corrected chi connectivity index (χ1v) is 6.28. The minimum atomic E-state index is -1.00. The molecule has 3 aromatic rings. The minimum absolute atomic E-state index is 0.167. The van der Waals surface area contributed by atoms with Crippen LogP contribution >= 0.6 is 15.9 Å². The van der Waals surface area contributed by atoms with E-state index in [0.717, 1.165) is 10.0 Å². The van der Waals surface area contributed by atoms with E-state index in [1.165, 1.54) is 12.3 Å². The molecule has 0 atom stereocenters. The number of aromatic carboxylic acids is 1. The molecule has 0 amide bonds. The lowest BCUT2D eigenvalue weighted by Gasteiger charge is -1.96. The highest BCUT2D eigenvalue weighted by atomic mass is 79.9. The molecular weight excluding hydrogens is 310 g/mol. The van der Waals surface area contributed by atoms with E-state index in [1.54, 1.807) is 0 Å². The maximum atomic E-state index is 11.1. The van der Waals surface area contributed by atoms with Gasteiger partial charge in [0, 0.05) is 16.2 Å². The van der Waals surface area contributed by atoms with Crippen LogP contribution in [0, 0.1) is 0 Å². The highest BCUT2D eigenvalue weighted by Crippen LogP contribution is 2.23. The summed E-state index contributed by atoms with van der Waals surface area (Å²) >= 11 is 3.36. The summed E-state index contributed by atoms with van der Waals surface area (Å²) in [6, 6.07) is 9.03. The summed E-state index contributed by atoms with van der Waals surface area (Å²) < 4.78 is 0.969. The molecule has 1 aromatic carbocycles. The van der Waals surface area contributed by atoms with Crippen molar-refractivity contribution in [2.24, 2.45) is 0 Å². The molecule has 0 aliphatic carbocycles. The molecule has 0 spiro atoms. The van der Waals surface area contributed by atoms with Crippen molar-refractivity contribution in [2.45, 2.75) is 0 Å². The monoisotopic (exact) mass is 317 g/mol. The maximum Gasteiger partial charge on any atom is 0.338 e. The summed E-state index contributed by atoms with van der Waals surface area (Å²) in [5, 5.41) is 9.12. The first-order chi connectivity index (χ1) is 9.15. The number of hydrogen-bond acceptors (Lipinski definition) is 3. The molecular formula is C13H8BrN3O2. The third-order valence-electron chi connectivity index (χ3n) is 2.74. The number of imidazole rings is 1. The summed E-state index contributed by atoms with van der Waals surface area (Å²) in [6.45, 7) is 0. The van der Waals surface area contributed by atoms with Crippen LogP contribution in [0.3, 0.4) is 0 Å². The zero-order valence-electron chi connectivity index (χ0n) is 9.59. The Morgan fingerprint density at radius 3 is 2.63 bits per heavy atom. The number of aromatic amines is 1. The second-order valence-electron chi connectivity index (χ2n) is 3.95. The summed E-state index contributed by atoms with van der Waals surface area (Å²) in [5.41, 5.74) is 1.88. The summed E-state index contributed by atoms with van der Waals surface area (Å²) in [5.74, 6) is -0.401. The lowest BCUT2D eigenvalue weighted by molar-refractivity contribution is 0.0699. The number of benzene rings is 1. The van der Waals surface area contributed by atoms with Gasteiger partial charge in [-0.3, -0.25) is 0 Å². The average molecular weight is 318 g/mol. The van der Waals surface area contributed by atoms with Crippen LogP contribution in [0.2, 0.25) is 0 Å². The Hall–Kier alpha value is -2.21. The number of carboxylic acids is 1. The summed E-state index contributed by atoms with van der Waals surface area (Å²) in [4.78, 5) is 22.5. The van der Waals surface area contributed by atoms with Crippen LogP contribution in [0.1, 0.15) is 10.4 Å². The van der Waals surface area contributed by atoms with Gasteiger partial charge in [0.25, 0.3) is 0 Å². The third kappa shape index (κ3) is 2.10. The molecule has 0 aliphatic heterocycles. The minimum Gasteiger partial charge on any atom is -0.478 e. The average Bonchev–Trinajstić information content (AvgIpc) is 2.82. The number of halogens is 1. The number of H-pyrrole nitrogens is 1. The number of nitrogens with one attached hydrogen (secondary N) is 1. The van der Waals surface area contributed by atoms with Gasteiger partial charge in [0.05, 0.1) is 11.1 Å². The molecule has 0 bridgehead atoms. The third-order valence-corrected chi connectivity index (χ3v) is 3.27. The summed E-state index contributed by atoms with van der Waals surface area (Å²) in [7, 11) is 0. The van der Waals surface area contributed by atoms with Gasteiger partial charge in [-0.1, -0.05) is 28.1 Å². The molecule has 94 valence electrons. The van der Waals surface area contributed by atoms with E-state index in [0.29, 0.717) is 17.0 Å². The molecule has 3 rings (SSSR count). The molecule has 0 saturated carbocycles. The largest absolute Gasteiger partial charge is 0.478 e. The summed E-state index contributed by atoms with van der Waals surface area (Å²) in [6.07, 6.45) is 1.44. The fourth-order valence-corrected chi connectivity index (χ4v) is 2.10. The Morgan fingerprint density at radius 1 is 1.21 bits per heavy atom. The standard InChI is InChI=1S/C13H8BrN3O2/c14-8-3-1-7(2-4-8)11-16-10-9(13(18)19)5-6-15-12(10)17-11/h1-6H,(H,18,19)(H,15,16,17). The van der Waals surface area contributed by atoms with Crippen LogP contribution in [0.15, 0.2) is 41.0 Å². The van der Waals surface area contributed by atoms with Gasteiger partial charge < -0.3 is 10.1 Å². The van der Waals surface area contributed by atoms with E-state index in [-0.39, 0.29) is 5.56 Å². The van der Waals surface area contributed by atoms with Gasteiger partial charge in [0.1, 0.15) is 5.82 Å². The number of pyridine rings is 1. The fourth-order valence-electron chi connectivity index (χ4n) is 1.83. The molecule has 5 nitrogen and oxygen atoms in total. The SMILES string of the molecule is O=C(O)c1ccnc2nc(-c3ccc(Br)cc3)[nH]c12. The fraction of sp³-hybridized carbons (Fsp3) is 0. The van der Waals surface area contributed by atoms with E-state index in [4.69, 9.17) is 5.11 Å². The van der Waals surface area contributed by atoms with Crippen LogP contribution in [0.25, 0.3) is 22.6 Å². The van der Waals surface area contributed by atoms with E-state index >= 15 is 0 Å². The Labute approximate surface area is 116 Å². The Kier molecular flexibility index (Phi) is 2.79. The molecule has 6 heteroatoms. The van der Waals surface area contributed by atoms with E-state index < -0.39 is 5.97 Å². The zero-order valence-corrected chi connectivity index (χ0v) is 11.2. The zero-order chi connectivity index (χ0) is 13.4. The van der Waals surface area contributed by atoms with Crippen LogP contribution in [0.4, 0.5) is 0 Å². The van der Waals surface area contributed by atoms with E-state index in [1.807, 2.05) is 24.3 Å². The second-order valence-corrected chi connectivity index (χ2v) is 4.87. The second kappa shape index (κ2) is 4.47. The highest BCUT2D eigenvalue weighted by Gasteiger charge is 2.13. The molecule has 2 N–H and O–H groups in total. The topological polar surface area (TPSA) is 78.9 Å². The van der Waals surface area contributed by atoms with Gasteiger partial charge >= 0.3 is 5.97 Å². The molecule has 0 unspecified atom stereocenters. The van der Waals surface area contributed by atoms with Gasteiger partial charge in [0.2, 0.25) is 0 Å². The predicted octanol–water partition coefficient (Wildman–Crippen LogP) is 3.09.